The highest BCUT2D eigenvalue weighted by atomic mass is 16.5. The molecule has 2 saturated heterocycles. The van der Waals surface area contributed by atoms with Crippen LogP contribution < -0.4 is 9.64 Å². The highest BCUT2D eigenvalue weighted by Gasteiger charge is 2.29. The lowest BCUT2D eigenvalue weighted by molar-refractivity contribution is 0.0889. The number of aromatic nitrogens is 1. The van der Waals surface area contributed by atoms with Gasteiger partial charge in [-0.15, -0.1) is 0 Å². The molecular weight excluding hydrogens is 384 g/mol. The summed E-state index contributed by atoms with van der Waals surface area (Å²) in [4.78, 5) is 7.87. The van der Waals surface area contributed by atoms with Crippen molar-refractivity contribution in [3.05, 3.63) is 60.3 Å². The van der Waals surface area contributed by atoms with Gasteiger partial charge in [0, 0.05) is 69.5 Å². The molecular formula is C26H34N4O. The van der Waals surface area contributed by atoms with E-state index in [1.54, 1.807) is 7.11 Å². The molecule has 31 heavy (non-hydrogen) atoms. The molecule has 2 aliphatic heterocycles. The van der Waals surface area contributed by atoms with E-state index in [4.69, 9.17) is 4.74 Å². The van der Waals surface area contributed by atoms with Crippen LogP contribution >= 0.6 is 0 Å². The number of methoxy groups -OCH3 is 1. The van der Waals surface area contributed by atoms with Crippen LogP contribution in [0, 0.1) is 0 Å². The number of anilines is 1. The van der Waals surface area contributed by atoms with Crippen molar-refractivity contribution < 1.29 is 4.74 Å². The van der Waals surface area contributed by atoms with Crippen LogP contribution in [-0.2, 0) is 13.6 Å². The van der Waals surface area contributed by atoms with E-state index < -0.39 is 0 Å². The monoisotopic (exact) mass is 418 g/mol. The van der Waals surface area contributed by atoms with Crippen molar-refractivity contribution in [1.29, 1.82) is 0 Å². The first-order chi connectivity index (χ1) is 15.2. The summed E-state index contributed by atoms with van der Waals surface area (Å²) in [5.74, 6) is 0.981. The largest absolute Gasteiger partial charge is 0.495 e. The van der Waals surface area contributed by atoms with Crippen LogP contribution in [-0.4, -0.2) is 66.8 Å². The van der Waals surface area contributed by atoms with E-state index in [2.05, 4.69) is 75.0 Å². The number of para-hydroxylation sites is 3. The van der Waals surface area contributed by atoms with E-state index in [0.29, 0.717) is 6.04 Å². The number of likely N-dealkylation sites (tertiary alicyclic amines) is 1. The highest BCUT2D eigenvalue weighted by molar-refractivity contribution is 5.83. The van der Waals surface area contributed by atoms with Gasteiger partial charge in [-0.1, -0.05) is 30.3 Å². The van der Waals surface area contributed by atoms with Crippen molar-refractivity contribution >= 4 is 16.6 Å². The number of piperazine rings is 1. The second kappa shape index (κ2) is 8.93. The Hall–Kier alpha value is -2.50. The van der Waals surface area contributed by atoms with Crippen molar-refractivity contribution in [2.75, 3.05) is 51.3 Å². The molecule has 3 heterocycles. The van der Waals surface area contributed by atoms with Gasteiger partial charge >= 0.3 is 0 Å². The lowest BCUT2D eigenvalue weighted by Crippen LogP contribution is -2.55. The zero-order valence-electron chi connectivity index (χ0n) is 18.8. The van der Waals surface area contributed by atoms with Crippen molar-refractivity contribution in [3.63, 3.8) is 0 Å². The van der Waals surface area contributed by atoms with Crippen LogP contribution in [0.2, 0.25) is 0 Å². The molecule has 0 amide bonds. The zero-order valence-corrected chi connectivity index (χ0v) is 18.8. The summed E-state index contributed by atoms with van der Waals surface area (Å²) in [6, 6.07) is 17.8. The number of benzene rings is 2. The fourth-order valence-corrected chi connectivity index (χ4v) is 5.48. The molecule has 164 valence electrons. The summed E-state index contributed by atoms with van der Waals surface area (Å²) >= 11 is 0. The van der Waals surface area contributed by atoms with E-state index in [-0.39, 0.29) is 0 Å². The van der Waals surface area contributed by atoms with Gasteiger partial charge in [-0.05, 0) is 43.1 Å². The van der Waals surface area contributed by atoms with Gasteiger partial charge in [0.25, 0.3) is 0 Å². The van der Waals surface area contributed by atoms with Crippen LogP contribution in [0.1, 0.15) is 18.4 Å². The smallest absolute Gasteiger partial charge is 0.142 e. The van der Waals surface area contributed by atoms with E-state index in [1.165, 1.54) is 48.1 Å². The molecule has 0 spiro atoms. The first-order valence-electron chi connectivity index (χ1n) is 11.6. The van der Waals surface area contributed by atoms with Crippen molar-refractivity contribution in [2.24, 2.45) is 7.05 Å². The zero-order chi connectivity index (χ0) is 21.2. The summed E-state index contributed by atoms with van der Waals surface area (Å²) in [5.41, 5.74) is 4.02. The van der Waals surface area contributed by atoms with Crippen LogP contribution in [0.15, 0.2) is 54.7 Å². The summed E-state index contributed by atoms with van der Waals surface area (Å²) < 4.78 is 7.85. The highest BCUT2D eigenvalue weighted by Crippen LogP contribution is 2.29. The molecule has 0 aliphatic carbocycles. The Bertz CT molecular complexity index is 1020. The number of hydrogen-bond donors (Lipinski definition) is 0. The maximum absolute atomic E-state index is 5.58. The first-order valence-corrected chi connectivity index (χ1v) is 11.6. The molecule has 5 heteroatoms. The van der Waals surface area contributed by atoms with E-state index in [9.17, 15) is 0 Å². The minimum Gasteiger partial charge on any atom is -0.495 e. The number of hydrogen-bond acceptors (Lipinski definition) is 4. The normalized spacial score (nSPS) is 21.0. The van der Waals surface area contributed by atoms with E-state index in [0.717, 1.165) is 38.5 Å². The number of rotatable bonds is 5. The van der Waals surface area contributed by atoms with Crippen molar-refractivity contribution in [1.82, 2.24) is 14.4 Å². The molecule has 1 aromatic heterocycles. The third-order valence-corrected chi connectivity index (χ3v) is 7.11. The number of ether oxygens (including phenoxy) is 1. The predicted molar refractivity (Wildman–Crippen MR) is 128 cm³/mol. The maximum atomic E-state index is 5.58. The van der Waals surface area contributed by atoms with Gasteiger partial charge in [0.1, 0.15) is 5.75 Å². The summed E-state index contributed by atoms with van der Waals surface area (Å²) in [6.07, 6.45) is 4.93. The van der Waals surface area contributed by atoms with Gasteiger partial charge in [-0.3, -0.25) is 9.80 Å². The molecule has 0 N–H and O–H groups in total. The minimum atomic E-state index is 0.670. The molecule has 2 aromatic carbocycles. The van der Waals surface area contributed by atoms with Gasteiger partial charge in [0.05, 0.1) is 12.8 Å². The standard InChI is InChI=1S/C26H34N4O/c1-27-18-21(23-9-3-4-10-24(23)27)19-28-13-7-8-22(20-28)29-14-16-30(17-15-29)25-11-5-6-12-26(25)31-2/h3-6,9-12,18,22H,7-8,13-17,19-20H2,1-2H3/t22-/m1/s1. The Balaban J connectivity index is 1.21. The molecule has 3 aromatic rings. The first kappa shape index (κ1) is 20.4. The van der Waals surface area contributed by atoms with Gasteiger partial charge in [-0.2, -0.15) is 0 Å². The van der Waals surface area contributed by atoms with E-state index >= 15 is 0 Å². The minimum absolute atomic E-state index is 0.670. The average molecular weight is 419 g/mol. The SMILES string of the molecule is COc1ccccc1N1CCN([C@@H]2CCCN(Cc3cn(C)c4ccccc34)C2)CC1. The number of nitrogens with zero attached hydrogens (tertiary/aromatic N) is 4. The Labute approximate surface area is 185 Å². The van der Waals surface area contributed by atoms with Crippen LogP contribution in [0.3, 0.4) is 0 Å². The molecule has 0 bridgehead atoms. The number of aryl methyl sites for hydroxylation is 1. The molecule has 1 atom stereocenters. The summed E-state index contributed by atoms with van der Waals surface area (Å²) in [5, 5.41) is 1.40. The fourth-order valence-electron chi connectivity index (χ4n) is 5.48. The number of fused-ring (bicyclic) bond motifs is 1. The second-order valence-electron chi connectivity index (χ2n) is 9.01. The molecule has 5 nitrogen and oxygen atoms in total. The fraction of sp³-hybridized carbons (Fsp3) is 0.462. The number of piperidine rings is 1. The lowest BCUT2D eigenvalue weighted by atomic mass is 10.0. The van der Waals surface area contributed by atoms with Crippen molar-refractivity contribution in [3.8, 4) is 5.75 Å². The molecule has 2 aliphatic rings. The Morgan fingerprint density at radius 3 is 2.55 bits per heavy atom. The second-order valence-corrected chi connectivity index (χ2v) is 9.01. The van der Waals surface area contributed by atoms with Gasteiger partial charge in [0.15, 0.2) is 0 Å². The molecule has 0 radical (unpaired) electrons. The average Bonchev–Trinajstić information content (AvgIpc) is 3.14. The van der Waals surface area contributed by atoms with Gasteiger partial charge in [0.2, 0.25) is 0 Å². The van der Waals surface area contributed by atoms with Gasteiger partial charge < -0.3 is 14.2 Å². The summed E-state index contributed by atoms with van der Waals surface area (Å²) in [6.45, 7) is 7.84. The Morgan fingerprint density at radius 2 is 1.71 bits per heavy atom. The van der Waals surface area contributed by atoms with E-state index in [1.807, 2.05) is 6.07 Å². The Morgan fingerprint density at radius 1 is 0.935 bits per heavy atom. The molecule has 0 unspecified atom stereocenters. The van der Waals surface area contributed by atoms with Crippen LogP contribution in [0.25, 0.3) is 10.9 Å². The lowest BCUT2D eigenvalue weighted by Gasteiger charge is -2.44. The Kier molecular flexibility index (Phi) is 5.88. The molecule has 5 rings (SSSR count). The van der Waals surface area contributed by atoms with Crippen LogP contribution in [0.5, 0.6) is 5.75 Å². The van der Waals surface area contributed by atoms with Crippen molar-refractivity contribution in [2.45, 2.75) is 25.4 Å². The molecule has 0 saturated carbocycles. The quantitative estimate of drug-likeness (QED) is 0.626. The maximum Gasteiger partial charge on any atom is 0.142 e. The predicted octanol–water partition coefficient (Wildman–Crippen LogP) is 3.97. The topological polar surface area (TPSA) is 23.9 Å². The van der Waals surface area contributed by atoms with Crippen LogP contribution in [0.4, 0.5) is 5.69 Å². The molecule has 2 fully saturated rings. The third kappa shape index (κ3) is 4.17. The van der Waals surface area contributed by atoms with Gasteiger partial charge in [-0.25, -0.2) is 0 Å². The third-order valence-electron chi connectivity index (χ3n) is 7.11. The summed E-state index contributed by atoms with van der Waals surface area (Å²) in [7, 11) is 3.92.